The molecule has 0 bridgehead atoms. The minimum Gasteiger partial charge on any atom is -0.303 e. The number of rotatable bonds is 10. The maximum absolute atomic E-state index is 16.6. The Morgan fingerprint density at radius 2 is 1.32 bits per heavy atom. The van der Waals surface area contributed by atoms with Crippen molar-refractivity contribution in [2.24, 2.45) is 5.92 Å². The zero-order chi connectivity index (χ0) is 20.8. The fourth-order valence-corrected chi connectivity index (χ4v) is 7.81. The highest BCUT2D eigenvalue weighted by Crippen LogP contribution is 2.45. The number of carbonyl (C=O) groups is 1. The van der Waals surface area contributed by atoms with Crippen LogP contribution in [0.2, 0.25) is 0 Å². The maximum Gasteiger partial charge on any atom is 0.320 e. The standard InChI is InChI=1S/C20H23FO5S2/c1-2-3-10-17(15-16-22)20(21,27(23,24)18-11-6-4-7-12-18)28(25,26)19-13-8-5-9-14-19/h4-9,11-14,16-17H,2-3,10,15H2,1H3. The zero-order valence-electron chi connectivity index (χ0n) is 15.5. The summed E-state index contributed by atoms with van der Waals surface area (Å²) in [5.74, 6) is -1.53. The lowest BCUT2D eigenvalue weighted by Gasteiger charge is -2.32. The van der Waals surface area contributed by atoms with Crippen molar-refractivity contribution in [2.45, 2.75) is 46.7 Å². The van der Waals surface area contributed by atoms with E-state index in [-0.39, 0.29) is 6.42 Å². The lowest BCUT2D eigenvalue weighted by molar-refractivity contribution is -0.109. The second-order valence-corrected chi connectivity index (χ2v) is 10.9. The number of hydrogen-bond acceptors (Lipinski definition) is 5. The van der Waals surface area contributed by atoms with Crippen molar-refractivity contribution in [2.75, 3.05) is 0 Å². The van der Waals surface area contributed by atoms with Gasteiger partial charge in [-0.2, -0.15) is 0 Å². The zero-order valence-corrected chi connectivity index (χ0v) is 17.1. The third-order valence-corrected chi connectivity index (χ3v) is 9.85. The molecule has 0 saturated carbocycles. The van der Waals surface area contributed by atoms with Gasteiger partial charge in [0.05, 0.1) is 9.79 Å². The molecular weight excluding hydrogens is 403 g/mol. The molecule has 0 aliphatic heterocycles. The van der Waals surface area contributed by atoms with E-state index in [0.29, 0.717) is 19.1 Å². The molecule has 0 aliphatic rings. The Bertz CT molecular complexity index is 918. The van der Waals surface area contributed by atoms with E-state index in [2.05, 4.69) is 0 Å². The smallest absolute Gasteiger partial charge is 0.303 e. The van der Waals surface area contributed by atoms with Crippen molar-refractivity contribution in [1.82, 2.24) is 0 Å². The fraction of sp³-hybridized carbons (Fsp3) is 0.350. The van der Waals surface area contributed by atoms with Crippen molar-refractivity contribution in [3.63, 3.8) is 0 Å². The van der Waals surface area contributed by atoms with Crippen molar-refractivity contribution in [3.05, 3.63) is 60.7 Å². The van der Waals surface area contributed by atoms with Gasteiger partial charge in [0, 0.05) is 12.3 Å². The first-order valence-corrected chi connectivity index (χ1v) is 11.9. The van der Waals surface area contributed by atoms with Crippen LogP contribution in [0.1, 0.15) is 32.6 Å². The predicted molar refractivity (Wildman–Crippen MR) is 105 cm³/mol. The van der Waals surface area contributed by atoms with Crippen LogP contribution in [0.25, 0.3) is 0 Å². The molecule has 1 unspecified atom stereocenters. The summed E-state index contributed by atoms with van der Waals surface area (Å²) in [6, 6.07) is 13.3. The maximum atomic E-state index is 16.6. The van der Waals surface area contributed by atoms with E-state index < -0.39 is 46.1 Å². The summed E-state index contributed by atoms with van der Waals surface area (Å²) >= 11 is 0. The third-order valence-electron chi connectivity index (χ3n) is 4.61. The van der Waals surface area contributed by atoms with Crippen molar-refractivity contribution in [3.8, 4) is 0 Å². The molecule has 28 heavy (non-hydrogen) atoms. The van der Waals surface area contributed by atoms with Gasteiger partial charge in [-0.15, -0.1) is 0 Å². The molecular formula is C20H23FO5S2. The Morgan fingerprint density at radius 3 is 1.68 bits per heavy atom. The Hall–Kier alpha value is -2.06. The van der Waals surface area contributed by atoms with E-state index in [1.807, 2.05) is 6.92 Å². The Kier molecular flexibility index (Phi) is 7.11. The predicted octanol–water partition coefficient (Wildman–Crippen LogP) is 3.95. The first-order valence-electron chi connectivity index (χ1n) is 8.95. The van der Waals surface area contributed by atoms with Gasteiger partial charge in [0.25, 0.3) is 0 Å². The number of unbranched alkanes of at least 4 members (excludes halogenated alkanes) is 1. The highest BCUT2D eigenvalue weighted by molar-refractivity contribution is 8.10. The van der Waals surface area contributed by atoms with Gasteiger partial charge >= 0.3 is 4.33 Å². The molecule has 0 saturated heterocycles. The van der Waals surface area contributed by atoms with Crippen molar-refractivity contribution in [1.29, 1.82) is 0 Å². The van der Waals surface area contributed by atoms with Gasteiger partial charge in [-0.1, -0.05) is 56.2 Å². The first kappa shape index (κ1) is 22.2. The molecule has 1 atom stereocenters. The van der Waals surface area contributed by atoms with E-state index >= 15 is 4.39 Å². The topological polar surface area (TPSA) is 85.3 Å². The lowest BCUT2D eigenvalue weighted by atomic mass is 10.0. The normalized spacial score (nSPS) is 13.8. The summed E-state index contributed by atoms with van der Waals surface area (Å²) in [6.07, 6.45) is 0.787. The number of alkyl halides is 1. The molecule has 0 spiro atoms. The van der Waals surface area contributed by atoms with Crippen LogP contribution in [0.5, 0.6) is 0 Å². The number of benzene rings is 2. The fourth-order valence-electron chi connectivity index (χ4n) is 3.10. The summed E-state index contributed by atoms with van der Waals surface area (Å²) in [5, 5.41) is 0. The van der Waals surface area contributed by atoms with Crippen LogP contribution >= 0.6 is 0 Å². The SMILES string of the molecule is CCCCC(CC=O)C(F)(S(=O)(=O)c1ccccc1)S(=O)(=O)c1ccccc1. The van der Waals surface area contributed by atoms with Gasteiger partial charge in [-0.3, -0.25) is 0 Å². The summed E-state index contributed by atoms with van der Waals surface area (Å²) in [7, 11) is -9.94. The molecule has 8 heteroatoms. The third kappa shape index (κ3) is 3.89. The van der Waals surface area contributed by atoms with Crippen LogP contribution in [0.4, 0.5) is 4.39 Å². The van der Waals surface area contributed by atoms with Crippen LogP contribution in [0, 0.1) is 5.92 Å². The first-order chi connectivity index (χ1) is 13.2. The van der Waals surface area contributed by atoms with Crippen molar-refractivity contribution >= 4 is 26.0 Å². The van der Waals surface area contributed by atoms with Gasteiger partial charge in [0.1, 0.15) is 6.29 Å². The number of aldehydes is 1. The number of hydrogen-bond donors (Lipinski definition) is 0. The minimum atomic E-state index is -4.97. The molecule has 5 nitrogen and oxygen atoms in total. The number of carbonyl (C=O) groups excluding carboxylic acids is 1. The molecule has 0 aromatic heterocycles. The Labute approximate surface area is 165 Å². The van der Waals surface area contributed by atoms with Gasteiger partial charge in [-0.25, -0.2) is 21.2 Å². The average molecular weight is 427 g/mol. The highest BCUT2D eigenvalue weighted by atomic mass is 32.3. The van der Waals surface area contributed by atoms with Gasteiger partial charge in [0.15, 0.2) is 0 Å². The van der Waals surface area contributed by atoms with E-state index in [4.69, 9.17) is 0 Å². The second kappa shape index (κ2) is 8.96. The van der Waals surface area contributed by atoms with E-state index in [9.17, 15) is 21.6 Å². The van der Waals surface area contributed by atoms with Crippen LogP contribution in [-0.4, -0.2) is 27.5 Å². The monoisotopic (exact) mass is 426 g/mol. The van der Waals surface area contributed by atoms with Gasteiger partial charge in [0.2, 0.25) is 19.7 Å². The molecule has 152 valence electrons. The van der Waals surface area contributed by atoms with Crippen LogP contribution < -0.4 is 0 Å². The molecule has 0 radical (unpaired) electrons. The quantitative estimate of drug-likeness (QED) is 0.537. The number of halogens is 1. The molecule has 0 N–H and O–H groups in total. The molecule has 0 heterocycles. The second-order valence-electron chi connectivity index (χ2n) is 6.46. The Morgan fingerprint density at radius 1 is 0.893 bits per heavy atom. The summed E-state index contributed by atoms with van der Waals surface area (Å²) in [4.78, 5) is 10.3. The van der Waals surface area contributed by atoms with Crippen LogP contribution in [0.3, 0.4) is 0 Å². The molecule has 0 amide bonds. The highest BCUT2D eigenvalue weighted by Gasteiger charge is 2.61. The van der Waals surface area contributed by atoms with Gasteiger partial charge < -0.3 is 4.79 Å². The van der Waals surface area contributed by atoms with Crippen molar-refractivity contribution < 1.29 is 26.0 Å². The van der Waals surface area contributed by atoms with E-state index in [0.717, 1.165) is 24.3 Å². The lowest BCUT2D eigenvalue weighted by Crippen LogP contribution is -2.48. The summed E-state index contributed by atoms with van der Waals surface area (Å²) in [6.45, 7) is 1.81. The molecule has 2 aromatic rings. The molecule has 2 aromatic carbocycles. The Balaban J connectivity index is 2.79. The minimum absolute atomic E-state index is 0.0517. The molecule has 0 aliphatic carbocycles. The van der Waals surface area contributed by atoms with Crippen LogP contribution in [-0.2, 0) is 24.5 Å². The van der Waals surface area contributed by atoms with E-state index in [1.165, 1.54) is 24.3 Å². The van der Waals surface area contributed by atoms with E-state index in [1.54, 1.807) is 12.1 Å². The largest absolute Gasteiger partial charge is 0.320 e. The van der Waals surface area contributed by atoms with Crippen LogP contribution in [0.15, 0.2) is 70.5 Å². The molecule has 2 rings (SSSR count). The summed E-state index contributed by atoms with van der Waals surface area (Å²) in [5.41, 5.74) is 0. The average Bonchev–Trinajstić information content (AvgIpc) is 2.71. The molecule has 0 fully saturated rings. The van der Waals surface area contributed by atoms with Gasteiger partial charge in [-0.05, 0) is 30.7 Å². The summed E-state index contributed by atoms with van der Waals surface area (Å²) < 4.78 is 66.0. The number of sulfone groups is 2.